The van der Waals surface area contributed by atoms with E-state index in [0.717, 1.165) is 16.7 Å². The molecule has 1 saturated heterocycles. The van der Waals surface area contributed by atoms with Gasteiger partial charge in [0.1, 0.15) is 34.6 Å². The van der Waals surface area contributed by atoms with Gasteiger partial charge in [0.2, 0.25) is 10.8 Å². The zero-order valence-corrected chi connectivity index (χ0v) is 27.3. The normalized spacial score (nSPS) is 26.6. The highest BCUT2D eigenvalue weighted by Gasteiger charge is 2.90. The Morgan fingerprint density at radius 3 is 2.00 bits per heavy atom. The van der Waals surface area contributed by atoms with Crippen LogP contribution < -0.4 is 0 Å². The minimum absolute atomic E-state index is 0.219. The smallest absolute Gasteiger partial charge is 0.230 e. The van der Waals surface area contributed by atoms with Crippen LogP contribution in [0, 0.1) is 11.3 Å². The van der Waals surface area contributed by atoms with Crippen molar-refractivity contribution in [2.75, 3.05) is 12.5 Å². The fraction of sp³-hybridized carbons (Fsp3) is 0.314. The summed E-state index contributed by atoms with van der Waals surface area (Å²) in [5.41, 5.74) is -0.206. The van der Waals surface area contributed by atoms with Crippen molar-refractivity contribution in [1.29, 1.82) is 5.26 Å². The number of hydrogen-bond acceptors (Lipinski definition) is 10. The maximum absolute atomic E-state index is 11.2. The lowest BCUT2D eigenvalue weighted by Gasteiger charge is -2.43. The van der Waals surface area contributed by atoms with Gasteiger partial charge in [-0.25, -0.2) is 14.5 Å². The maximum Gasteiger partial charge on any atom is 0.230 e. The zero-order valence-electron chi connectivity index (χ0n) is 25.7. The van der Waals surface area contributed by atoms with Gasteiger partial charge in [-0.3, -0.25) is 0 Å². The second-order valence-electron chi connectivity index (χ2n) is 11.4. The van der Waals surface area contributed by atoms with Gasteiger partial charge in [0, 0.05) is 0 Å². The predicted octanol–water partition coefficient (Wildman–Crippen LogP) is 6.22. The van der Waals surface area contributed by atoms with Gasteiger partial charge in [0.25, 0.3) is 0 Å². The van der Waals surface area contributed by atoms with Gasteiger partial charge in [-0.1, -0.05) is 103 Å². The highest BCUT2D eigenvalue weighted by atomic mass is 32.2. The molecule has 234 valence electrons. The molecule has 5 atom stereocenters. The Bertz CT molecular complexity index is 1870. The molecule has 0 bridgehead atoms. The number of fused-ring (bicyclic) bond motifs is 2. The maximum atomic E-state index is 11.2. The number of hydrogen-bond donors (Lipinski definition) is 0. The Labute approximate surface area is 276 Å². The van der Waals surface area contributed by atoms with Crippen LogP contribution in [0.1, 0.15) is 29.3 Å². The first-order chi connectivity index (χ1) is 22.5. The van der Waals surface area contributed by atoms with Crippen LogP contribution in [0.3, 0.4) is 0 Å². The summed E-state index contributed by atoms with van der Waals surface area (Å²) in [6.07, 6.45) is 4.40. The third-order valence-electron chi connectivity index (χ3n) is 8.90. The fourth-order valence-electron chi connectivity index (χ4n) is 6.44. The van der Waals surface area contributed by atoms with E-state index in [4.69, 9.17) is 24.0 Å². The summed E-state index contributed by atoms with van der Waals surface area (Å²) in [7, 11) is 0. The molecule has 2 unspecified atom stereocenters. The number of imidazole rings is 1. The summed E-state index contributed by atoms with van der Waals surface area (Å²) in [5, 5.41) is 17.2. The summed E-state index contributed by atoms with van der Waals surface area (Å²) in [6.45, 7) is 2.76. The van der Waals surface area contributed by atoms with E-state index in [-0.39, 0.29) is 13.2 Å². The molecule has 9 nitrogen and oxygen atoms in total. The largest absolute Gasteiger partial charge is 0.367 e. The first-order valence-electron chi connectivity index (χ1n) is 14.9. The quantitative estimate of drug-likeness (QED) is 0.145. The number of ether oxygens (including phenoxy) is 4. The summed E-state index contributed by atoms with van der Waals surface area (Å²) in [6, 6.07) is 32.3. The molecule has 2 fully saturated rings. The molecule has 3 heterocycles. The molecule has 0 radical (unpaired) electrons. The number of benzene rings is 3. The topological polar surface area (TPSA) is 104 Å². The van der Waals surface area contributed by atoms with Crippen LogP contribution in [0.15, 0.2) is 107 Å². The molecular weight excluding hydrogens is 619 g/mol. The van der Waals surface area contributed by atoms with Crippen LogP contribution in [-0.2, 0) is 44.4 Å². The van der Waals surface area contributed by atoms with Gasteiger partial charge in [0.05, 0.1) is 26.0 Å². The van der Waals surface area contributed by atoms with Crippen molar-refractivity contribution in [2.45, 2.75) is 65.9 Å². The van der Waals surface area contributed by atoms with E-state index in [1.165, 1.54) is 23.5 Å². The lowest BCUT2D eigenvalue weighted by Crippen LogP contribution is -2.60. The van der Waals surface area contributed by atoms with Crippen molar-refractivity contribution >= 4 is 29.2 Å². The second-order valence-corrected chi connectivity index (χ2v) is 13.0. The number of nitriles is 1. The Morgan fingerprint density at radius 2 is 1.43 bits per heavy atom. The van der Waals surface area contributed by atoms with E-state index >= 15 is 0 Å². The molecule has 2 aliphatic rings. The van der Waals surface area contributed by atoms with Crippen molar-refractivity contribution < 1.29 is 18.9 Å². The van der Waals surface area contributed by atoms with Crippen LogP contribution in [-0.4, -0.2) is 55.5 Å². The van der Waals surface area contributed by atoms with E-state index in [1.54, 1.807) is 10.7 Å². The van der Waals surface area contributed by atoms with Crippen molar-refractivity contribution in [2.24, 2.45) is 0 Å². The number of aromatic nitrogens is 4. The van der Waals surface area contributed by atoms with Gasteiger partial charge in [-0.05, 0) is 36.1 Å². The van der Waals surface area contributed by atoms with E-state index < -0.39 is 29.0 Å². The van der Waals surface area contributed by atoms with Crippen LogP contribution >= 0.6 is 23.5 Å². The van der Waals surface area contributed by atoms with Crippen LogP contribution in [0.25, 0.3) is 5.65 Å². The Kier molecular flexibility index (Phi) is 8.35. The Morgan fingerprint density at radius 1 is 0.848 bits per heavy atom. The number of thioether (sulfide) groups is 2. The zero-order chi connectivity index (χ0) is 31.8. The molecule has 0 N–H and O–H groups in total. The van der Waals surface area contributed by atoms with E-state index in [1.807, 2.05) is 110 Å². The molecule has 1 aliphatic heterocycles. The summed E-state index contributed by atoms with van der Waals surface area (Å²) in [4.78, 5) is 9.32. The lowest BCUT2D eigenvalue weighted by atomic mass is 9.77. The molecule has 11 heteroatoms. The first-order valence-corrected chi connectivity index (χ1v) is 17.4. The van der Waals surface area contributed by atoms with E-state index in [2.05, 4.69) is 16.0 Å². The van der Waals surface area contributed by atoms with Gasteiger partial charge in [-0.15, -0.1) is 16.9 Å². The summed E-state index contributed by atoms with van der Waals surface area (Å²) < 4.78 is 29.0. The number of rotatable bonds is 12. The number of nitrogens with zero attached hydrogens (tertiary/aromatic N) is 5. The highest BCUT2D eigenvalue weighted by Crippen LogP contribution is 2.68. The first kappa shape index (κ1) is 30.9. The predicted molar refractivity (Wildman–Crippen MR) is 175 cm³/mol. The Balaban J connectivity index is 1.36. The average molecular weight is 652 g/mol. The molecule has 1 saturated carbocycles. The molecule has 5 aromatic rings. The minimum atomic E-state index is -1.66. The highest BCUT2D eigenvalue weighted by molar-refractivity contribution is 7.99. The molecule has 46 heavy (non-hydrogen) atoms. The van der Waals surface area contributed by atoms with Crippen molar-refractivity contribution in [3.63, 3.8) is 0 Å². The van der Waals surface area contributed by atoms with Gasteiger partial charge < -0.3 is 18.9 Å². The van der Waals surface area contributed by atoms with E-state index in [9.17, 15) is 5.26 Å². The minimum Gasteiger partial charge on any atom is -0.367 e. The second kappa shape index (κ2) is 12.4. The van der Waals surface area contributed by atoms with Crippen molar-refractivity contribution in [3.05, 3.63) is 120 Å². The van der Waals surface area contributed by atoms with Crippen molar-refractivity contribution in [1.82, 2.24) is 19.6 Å². The van der Waals surface area contributed by atoms with E-state index in [0.29, 0.717) is 28.1 Å². The standard InChI is InChI=1S/C35H33N5O4S2/c1-33(42-21-25-15-9-5-10-16-25)34(23-36,27-19-37-30-31(45-2)38-32(46-3)39-40(27)30)44-29-28(41-20-24-13-7-4-8-14-24)35(29,33)43-22-26-17-11-6-12-18-26/h4-19,28-29H,20-22H2,1-3H3/t28?,29-,33+,34?,35-/m1/s1. The summed E-state index contributed by atoms with van der Waals surface area (Å²) in [5.74, 6) is 0. The average Bonchev–Trinajstić information content (AvgIpc) is 3.38. The summed E-state index contributed by atoms with van der Waals surface area (Å²) >= 11 is 2.89. The van der Waals surface area contributed by atoms with Crippen LogP contribution in [0.2, 0.25) is 0 Å². The van der Waals surface area contributed by atoms with Gasteiger partial charge in [-0.2, -0.15) is 5.26 Å². The van der Waals surface area contributed by atoms with Gasteiger partial charge >= 0.3 is 0 Å². The molecule has 3 aromatic carbocycles. The molecule has 0 amide bonds. The molecule has 7 rings (SSSR count). The SMILES string of the molecule is CSc1nc(SC)c2ncc(C3(C#N)O[C@@H]4C(OCc5ccccc5)[C@]4(OCc4ccccc4)[C@@]3(C)OCc3ccccc3)n2n1. The molecule has 1 aliphatic carbocycles. The molecule has 0 spiro atoms. The third kappa shape index (κ3) is 4.92. The van der Waals surface area contributed by atoms with Gasteiger partial charge in [0.15, 0.2) is 11.2 Å². The molecule has 2 aromatic heterocycles. The van der Waals surface area contributed by atoms with Crippen LogP contribution in [0.4, 0.5) is 0 Å². The fourth-order valence-corrected chi connectivity index (χ4v) is 7.34. The monoisotopic (exact) mass is 651 g/mol. The van der Waals surface area contributed by atoms with Crippen LogP contribution in [0.5, 0.6) is 0 Å². The molecular formula is C35H33N5O4S2. The third-order valence-corrected chi connectivity index (χ3v) is 10.1. The van der Waals surface area contributed by atoms with Crippen molar-refractivity contribution in [3.8, 4) is 6.07 Å². The lowest BCUT2D eigenvalue weighted by molar-refractivity contribution is -0.224. The Hall–Kier alpha value is -3.76.